The third kappa shape index (κ3) is 2.55. The van der Waals surface area contributed by atoms with E-state index in [0.717, 1.165) is 56.5 Å². The minimum atomic E-state index is 0.801. The number of thiocarbonyl (C=S) groups is 1. The van der Waals surface area contributed by atoms with Crippen molar-refractivity contribution in [2.45, 2.75) is 6.42 Å². The summed E-state index contributed by atoms with van der Waals surface area (Å²) < 4.78 is 10.9. The second-order valence-electron chi connectivity index (χ2n) is 4.73. The second-order valence-corrected chi connectivity index (χ2v) is 5.23. The Balaban J connectivity index is 1.68. The first-order chi connectivity index (χ1) is 8.83. The quantitative estimate of drug-likeness (QED) is 0.611. The van der Waals surface area contributed by atoms with Crippen molar-refractivity contribution in [3.63, 3.8) is 0 Å². The van der Waals surface area contributed by atoms with Crippen molar-refractivity contribution in [1.29, 1.82) is 0 Å². The van der Waals surface area contributed by atoms with Crippen LogP contribution < -0.4 is 4.74 Å². The van der Waals surface area contributed by atoms with Crippen LogP contribution in [0.1, 0.15) is 11.1 Å². The SMILES string of the molecule is S=C(CN1CCOCC1)c1ccc2c(c1)CCO2. The van der Waals surface area contributed by atoms with E-state index in [1.54, 1.807) is 0 Å². The maximum Gasteiger partial charge on any atom is 0.122 e. The summed E-state index contributed by atoms with van der Waals surface area (Å²) in [6, 6.07) is 6.31. The molecule has 0 atom stereocenters. The first-order valence-electron chi connectivity index (χ1n) is 6.42. The van der Waals surface area contributed by atoms with Gasteiger partial charge in [-0.2, -0.15) is 0 Å². The normalized spacial score (nSPS) is 19.3. The number of rotatable bonds is 3. The summed E-state index contributed by atoms with van der Waals surface area (Å²) in [4.78, 5) is 3.38. The summed E-state index contributed by atoms with van der Waals surface area (Å²) >= 11 is 5.55. The van der Waals surface area contributed by atoms with Crippen molar-refractivity contribution in [3.8, 4) is 5.75 Å². The molecule has 4 heteroatoms. The number of benzene rings is 1. The zero-order valence-corrected chi connectivity index (χ0v) is 11.2. The molecule has 1 aromatic rings. The van der Waals surface area contributed by atoms with E-state index >= 15 is 0 Å². The van der Waals surface area contributed by atoms with Crippen LogP contribution in [0.15, 0.2) is 18.2 Å². The average Bonchev–Trinajstić information content (AvgIpc) is 2.87. The standard InChI is InChI=1S/C14H17NO2S/c18-14(10-15-4-7-16-8-5-15)12-1-2-13-11(9-12)3-6-17-13/h1-2,9H,3-8,10H2. The molecule has 96 valence electrons. The number of fused-ring (bicyclic) bond motifs is 1. The molecule has 2 aliphatic rings. The number of nitrogens with zero attached hydrogens (tertiary/aromatic N) is 1. The molecule has 0 aromatic heterocycles. The molecule has 1 saturated heterocycles. The van der Waals surface area contributed by atoms with Crippen LogP contribution >= 0.6 is 12.2 Å². The molecule has 0 radical (unpaired) electrons. The molecule has 0 spiro atoms. The third-order valence-corrected chi connectivity index (χ3v) is 3.85. The Kier molecular flexibility index (Phi) is 3.59. The lowest BCUT2D eigenvalue weighted by Crippen LogP contribution is -2.39. The van der Waals surface area contributed by atoms with Crippen molar-refractivity contribution in [2.75, 3.05) is 39.5 Å². The van der Waals surface area contributed by atoms with Gasteiger partial charge in [0.05, 0.1) is 19.8 Å². The third-order valence-electron chi connectivity index (χ3n) is 3.48. The van der Waals surface area contributed by atoms with E-state index in [4.69, 9.17) is 21.7 Å². The Morgan fingerprint density at radius 3 is 2.89 bits per heavy atom. The maximum absolute atomic E-state index is 5.55. The molecule has 1 aromatic carbocycles. The lowest BCUT2D eigenvalue weighted by molar-refractivity contribution is 0.0455. The maximum atomic E-state index is 5.55. The van der Waals surface area contributed by atoms with E-state index < -0.39 is 0 Å². The average molecular weight is 263 g/mol. The molecule has 0 amide bonds. The number of ether oxygens (including phenoxy) is 2. The molecule has 0 N–H and O–H groups in total. The van der Waals surface area contributed by atoms with Crippen LogP contribution in [0, 0.1) is 0 Å². The summed E-state index contributed by atoms with van der Waals surface area (Å²) in [7, 11) is 0. The van der Waals surface area contributed by atoms with Gasteiger partial charge in [-0.05, 0) is 23.3 Å². The molecule has 3 nitrogen and oxygen atoms in total. The molecule has 3 rings (SSSR count). The fraction of sp³-hybridized carbons (Fsp3) is 0.500. The van der Waals surface area contributed by atoms with Crippen LogP contribution in [-0.2, 0) is 11.2 Å². The van der Waals surface area contributed by atoms with Crippen LogP contribution in [0.3, 0.4) is 0 Å². The van der Waals surface area contributed by atoms with E-state index in [2.05, 4.69) is 17.0 Å². The highest BCUT2D eigenvalue weighted by molar-refractivity contribution is 7.80. The Bertz CT molecular complexity index is 455. The molecular weight excluding hydrogens is 246 g/mol. The largest absolute Gasteiger partial charge is 0.493 e. The van der Waals surface area contributed by atoms with Gasteiger partial charge in [-0.1, -0.05) is 18.3 Å². The van der Waals surface area contributed by atoms with Crippen LogP contribution in [0.25, 0.3) is 0 Å². The van der Waals surface area contributed by atoms with E-state index in [-0.39, 0.29) is 0 Å². The highest BCUT2D eigenvalue weighted by atomic mass is 32.1. The molecule has 1 fully saturated rings. The fourth-order valence-corrected chi connectivity index (χ4v) is 2.72. The predicted molar refractivity (Wildman–Crippen MR) is 74.6 cm³/mol. The minimum Gasteiger partial charge on any atom is -0.493 e. The smallest absolute Gasteiger partial charge is 0.122 e. The van der Waals surface area contributed by atoms with Crippen LogP contribution in [-0.4, -0.2) is 49.2 Å². The van der Waals surface area contributed by atoms with Crippen LogP contribution in [0.2, 0.25) is 0 Å². The first-order valence-corrected chi connectivity index (χ1v) is 6.83. The summed E-state index contributed by atoms with van der Waals surface area (Å²) in [5.41, 5.74) is 2.46. The van der Waals surface area contributed by atoms with E-state index in [9.17, 15) is 0 Å². The van der Waals surface area contributed by atoms with Crippen molar-refractivity contribution in [3.05, 3.63) is 29.3 Å². The van der Waals surface area contributed by atoms with E-state index in [1.807, 2.05) is 6.07 Å². The second kappa shape index (κ2) is 5.34. The van der Waals surface area contributed by atoms with Gasteiger partial charge in [0.15, 0.2) is 0 Å². The molecule has 2 heterocycles. The van der Waals surface area contributed by atoms with Crippen LogP contribution in [0.5, 0.6) is 5.75 Å². The monoisotopic (exact) mass is 263 g/mol. The van der Waals surface area contributed by atoms with E-state index in [0.29, 0.717) is 0 Å². The Morgan fingerprint density at radius 2 is 2.06 bits per heavy atom. The summed E-state index contributed by atoms with van der Waals surface area (Å²) in [6.45, 7) is 5.26. The lowest BCUT2D eigenvalue weighted by atomic mass is 10.1. The summed E-state index contributed by atoms with van der Waals surface area (Å²) in [5, 5.41) is 0. The van der Waals surface area contributed by atoms with Crippen molar-refractivity contribution >= 4 is 17.1 Å². The highest BCUT2D eigenvalue weighted by Gasteiger charge is 2.16. The Labute approximate surface area is 113 Å². The molecule has 2 aliphatic heterocycles. The van der Waals surface area contributed by atoms with Gasteiger partial charge in [-0.25, -0.2) is 0 Å². The molecule has 0 aliphatic carbocycles. The predicted octanol–water partition coefficient (Wildman–Crippen LogP) is 1.67. The summed E-state index contributed by atoms with van der Waals surface area (Å²) in [6.07, 6.45) is 1.00. The molecule has 0 unspecified atom stereocenters. The van der Waals surface area contributed by atoms with Gasteiger partial charge in [-0.3, -0.25) is 4.90 Å². The first kappa shape index (κ1) is 12.1. The van der Waals surface area contributed by atoms with Crippen molar-refractivity contribution in [2.24, 2.45) is 0 Å². The molecule has 0 saturated carbocycles. The zero-order valence-electron chi connectivity index (χ0n) is 10.4. The Hall–Kier alpha value is -0.970. The van der Waals surface area contributed by atoms with Gasteiger partial charge in [-0.15, -0.1) is 0 Å². The van der Waals surface area contributed by atoms with Gasteiger partial charge in [0, 0.05) is 30.9 Å². The van der Waals surface area contributed by atoms with Crippen molar-refractivity contribution in [1.82, 2.24) is 4.90 Å². The van der Waals surface area contributed by atoms with Crippen molar-refractivity contribution < 1.29 is 9.47 Å². The molecule has 18 heavy (non-hydrogen) atoms. The summed E-state index contributed by atoms with van der Waals surface area (Å²) in [5.74, 6) is 1.02. The lowest BCUT2D eigenvalue weighted by Gasteiger charge is -2.26. The minimum absolute atomic E-state index is 0.801. The number of hydrogen-bond donors (Lipinski definition) is 0. The van der Waals surface area contributed by atoms with Gasteiger partial charge < -0.3 is 9.47 Å². The van der Waals surface area contributed by atoms with Gasteiger partial charge in [0.25, 0.3) is 0 Å². The van der Waals surface area contributed by atoms with E-state index in [1.165, 1.54) is 11.1 Å². The number of morpholine rings is 1. The van der Waals surface area contributed by atoms with Crippen LogP contribution in [0.4, 0.5) is 0 Å². The topological polar surface area (TPSA) is 21.7 Å². The zero-order chi connectivity index (χ0) is 12.4. The molecular formula is C14H17NO2S. The van der Waals surface area contributed by atoms with Gasteiger partial charge in [0.2, 0.25) is 0 Å². The highest BCUT2D eigenvalue weighted by Crippen LogP contribution is 2.26. The van der Waals surface area contributed by atoms with Gasteiger partial charge >= 0.3 is 0 Å². The fourth-order valence-electron chi connectivity index (χ4n) is 2.41. The molecule has 0 bridgehead atoms. The number of hydrogen-bond acceptors (Lipinski definition) is 4. The van der Waals surface area contributed by atoms with Gasteiger partial charge in [0.1, 0.15) is 5.75 Å². The Morgan fingerprint density at radius 1 is 1.22 bits per heavy atom.